The Kier molecular flexibility index (Phi) is 3.20. The first-order chi connectivity index (χ1) is 8.76. The van der Waals surface area contributed by atoms with Gasteiger partial charge in [-0.2, -0.15) is 0 Å². The number of hydrogen-bond acceptors (Lipinski definition) is 4. The number of rotatable bonds is 4. The third kappa shape index (κ3) is 2.21. The molecular formula is C14H22N4. The van der Waals surface area contributed by atoms with Gasteiger partial charge < -0.3 is 10.6 Å². The predicted molar refractivity (Wildman–Crippen MR) is 72.5 cm³/mol. The van der Waals surface area contributed by atoms with E-state index in [-0.39, 0.29) is 6.04 Å². The second-order valence-corrected chi connectivity index (χ2v) is 5.75. The summed E-state index contributed by atoms with van der Waals surface area (Å²) in [6.07, 6.45) is 9.82. The topological polar surface area (TPSA) is 55.0 Å². The van der Waals surface area contributed by atoms with E-state index < -0.39 is 0 Å². The first-order valence-electron chi connectivity index (χ1n) is 7.09. The number of nitrogens with two attached hydrogens (primary N) is 1. The number of aromatic nitrogens is 2. The Labute approximate surface area is 109 Å². The van der Waals surface area contributed by atoms with E-state index in [4.69, 9.17) is 5.73 Å². The lowest BCUT2D eigenvalue weighted by Crippen LogP contribution is -2.33. The molecule has 1 aliphatic heterocycles. The summed E-state index contributed by atoms with van der Waals surface area (Å²) in [5.74, 6) is 1.79. The van der Waals surface area contributed by atoms with Crippen LogP contribution in [0.2, 0.25) is 0 Å². The Hall–Kier alpha value is -1.16. The van der Waals surface area contributed by atoms with Crippen LogP contribution in [0.4, 0.5) is 5.95 Å². The van der Waals surface area contributed by atoms with E-state index in [9.17, 15) is 0 Å². The summed E-state index contributed by atoms with van der Waals surface area (Å²) in [6, 6.07) is 0.918. The number of hydrogen-bond donors (Lipinski definition) is 1. The van der Waals surface area contributed by atoms with Gasteiger partial charge in [-0.3, -0.25) is 0 Å². The van der Waals surface area contributed by atoms with Crippen molar-refractivity contribution in [2.75, 3.05) is 11.4 Å². The van der Waals surface area contributed by atoms with Gasteiger partial charge in [0.1, 0.15) is 0 Å². The van der Waals surface area contributed by atoms with Crippen LogP contribution in [0.25, 0.3) is 0 Å². The fourth-order valence-corrected chi connectivity index (χ4v) is 3.22. The van der Waals surface area contributed by atoms with Crippen LogP contribution in [0, 0.1) is 5.92 Å². The van der Waals surface area contributed by atoms with Gasteiger partial charge in [-0.25, -0.2) is 9.97 Å². The monoisotopic (exact) mass is 246 g/mol. The number of fused-ring (bicyclic) bond motifs is 2. The molecule has 4 heteroatoms. The van der Waals surface area contributed by atoms with Crippen molar-refractivity contribution in [1.29, 1.82) is 0 Å². The molecular weight excluding hydrogens is 224 g/mol. The standard InChI is InChI=1S/C14H22N4/c1-2-12(15)5-11-7-16-14(17-8-11)18-9-10-3-4-13(18)6-10/h7-8,10,12-13H,2-6,9,15H2,1H3. The van der Waals surface area contributed by atoms with Gasteiger partial charge >= 0.3 is 0 Å². The fourth-order valence-electron chi connectivity index (χ4n) is 3.22. The molecule has 2 fully saturated rings. The Balaban J connectivity index is 1.68. The molecule has 4 nitrogen and oxygen atoms in total. The molecule has 3 rings (SSSR count). The second-order valence-electron chi connectivity index (χ2n) is 5.75. The highest BCUT2D eigenvalue weighted by atomic mass is 15.3. The lowest BCUT2D eigenvalue weighted by molar-refractivity contribution is 0.546. The molecule has 0 spiro atoms. The molecule has 0 radical (unpaired) electrons. The van der Waals surface area contributed by atoms with E-state index >= 15 is 0 Å². The zero-order chi connectivity index (χ0) is 12.5. The zero-order valence-corrected chi connectivity index (χ0v) is 11.0. The molecule has 2 bridgehead atoms. The van der Waals surface area contributed by atoms with Gasteiger partial charge in [-0.1, -0.05) is 6.92 Å². The van der Waals surface area contributed by atoms with Crippen LogP contribution in [0.5, 0.6) is 0 Å². The summed E-state index contributed by atoms with van der Waals surface area (Å²) in [6.45, 7) is 3.26. The van der Waals surface area contributed by atoms with Crippen molar-refractivity contribution >= 4 is 5.95 Å². The van der Waals surface area contributed by atoms with Crippen molar-refractivity contribution in [3.63, 3.8) is 0 Å². The third-order valence-corrected chi connectivity index (χ3v) is 4.38. The van der Waals surface area contributed by atoms with Crippen molar-refractivity contribution in [3.8, 4) is 0 Å². The third-order valence-electron chi connectivity index (χ3n) is 4.38. The second kappa shape index (κ2) is 4.84. The summed E-state index contributed by atoms with van der Waals surface area (Å²) in [4.78, 5) is 11.4. The van der Waals surface area contributed by atoms with E-state index in [2.05, 4.69) is 21.8 Å². The molecule has 98 valence electrons. The molecule has 0 amide bonds. The maximum absolute atomic E-state index is 5.95. The molecule has 1 aromatic heterocycles. The lowest BCUT2D eigenvalue weighted by Gasteiger charge is -2.26. The lowest BCUT2D eigenvalue weighted by atomic mass is 10.1. The quantitative estimate of drug-likeness (QED) is 0.879. The first-order valence-corrected chi connectivity index (χ1v) is 7.09. The minimum atomic E-state index is 0.224. The average molecular weight is 246 g/mol. The first kappa shape index (κ1) is 11.9. The number of anilines is 1. The van der Waals surface area contributed by atoms with Gasteiger partial charge in [0.25, 0.3) is 0 Å². The van der Waals surface area contributed by atoms with E-state index in [1.54, 1.807) is 0 Å². The molecule has 3 atom stereocenters. The van der Waals surface area contributed by atoms with Crippen molar-refractivity contribution in [3.05, 3.63) is 18.0 Å². The van der Waals surface area contributed by atoms with Crippen LogP contribution < -0.4 is 10.6 Å². The molecule has 0 aromatic carbocycles. The summed E-state index contributed by atoms with van der Waals surface area (Å²) < 4.78 is 0. The molecule has 2 heterocycles. The molecule has 2 N–H and O–H groups in total. The Morgan fingerprint density at radius 1 is 1.39 bits per heavy atom. The van der Waals surface area contributed by atoms with E-state index in [1.807, 2.05) is 12.4 Å². The summed E-state index contributed by atoms with van der Waals surface area (Å²) >= 11 is 0. The predicted octanol–water partition coefficient (Wildman–Crippen LogP) is 1.75. The smallest absolute Gasteiger partial charge is 0.225 e. The molecule has 2 aliphatic rings. The summed E-state index contributed by atoms with van der Waals surface area (Å²) in [7, 11) is 0. The summed E-state index contributed by atoms with van der Waals surface area (Å²) in [5.41, 5.74) is 7.10. The molecule has 1 saturated carbocycles. The highest BCUT2D eigenvalue weighted by Crippen LogP contribution is 2.38. The van der Waals surface area contributed by atoms with Crippen molar-refractivity contribution in [2.45, 2.75) is 51.1 Å². The van der Waals surface area contributed by atoms with Gasteiger partial charge in [0, 0.05) is 31.0 Å². The Bertz CT molecular complexity index is 403. The molecule has 1 aromatic rings. The minimum absolute atomic E-state index is 0.224. The number of nitrogens with zero attached hydrogens (tertiary/aromatic N) is 3. The summed E-state index contributed by atoms with van der Waals surface area (Å²) in [5, 5.41) is 0. The largest absolute Gasteiger partial charge is 0.338 e. The highest BCUT2D eigenvalue weighted by Gasteiger charge is 2.38. The van der Waals surface area contributed by atoms with Crippen LogP contribution >= 0.6 is 0 Å². The maximum Gasteiger partial charge on any atom is 0.225 e. The van der Waals surface area contributed by atoms with Crippen LogP contribution in [0.15, 0.2) is 12.4 Å². The zero-order valence-electron chi connectivity index (χ0n) is 11.0. The van der Waals surface area contributed by atoms with Crippen molar-refractivity contribution in [2.24, 2.45) is 11.7 Å². The minimum Gasteiger partial charge on any atom is -0.338 e. The van der Waals surface area contributed by atoms with Crippen molar-refractivity contribution < 1.29 is 0 Å². The fraction of sp³-hybridized carbons (Fsp3) is 0.714. The maximum atomic E-state index is 5.95. The van der Waals surface area contributed by atoms with Crippen LogP contribution in [0.1, 0.15) is 38.2 Å². The van der Waals surface area contributed by atoms with E-state index in [0.717, 1.165) is 36.8 Å². The van der Waals surface area contributed by atoms with Crippen LogP contribution in [0.3, 0.4) is 0 Å². The number of piperidine rings is 1. The van der Waals surface area contributed by atoms with E-state index in [1.165, 1.54) is 19.3 Å². The van der Waals surface area contributed by atoms with Gasteiger partial charge in [0.2, 0.25) is 5.95 Å². The normalized spacial score (nSPS) is 27.8. The molecule has 3 unspecified atom stereocenters. The van der Waals surface area contributed by atoms with Crippen LogP contribution in [-0.4, -0.2) is 28.6 Å². The Morgan fingerprint density at radius 2 is 2.17 bits per heavy atom. The van der Waals surface area contributed by atoms with Crippen LogP contribution in [-0.2, 0) is 6.42 Å². The highest BCUT2D eigenvalue weighted by molar-refractivity contribution is 5.35. The van der Waals surface area contributed by atoms with Crippen molar-refractivity contribution in [1.82, 2.24) is 9.97 Å². The molecule has 1 aliphatic carbocycles. The average Bonchev–Trinajstić information content (AvgIpc) is 3.02. The SMILES string of the molecule is CCC(N)Cc1cnc(N2CC3CCC2C3)nc1. The van der Waals surface area contributed by atoms with Gasteiger partial charge in [-0.15, -0.1) is 0 Å². The van der Waals surface area contributed by atoms with Gasteiger partial charge in [0.05, 0.1) is 0 Å². The molecule has 1 saturated heterocycles. The molecule has 18 heavy (non-hydrogen) atoms. The van der Waals surface area contributed by atoms with Gasteiger partial charge in [0.15, 0.2) is 0 Å². The van der Waals surface area contributed by atoms with E-state index in [0.29, 0.717) is 6.04 Å². The Morgan fingerprint density at radius 3 is 2.72 bits per heavy atom. The van der Waals surface area contributed by atoms with Gasteiger partial charge in [-0.05, 0) is 43.6 Å².